The van der Waals surface area contributed by atoms with E-state index in [4.69, 9.17) is 0 Å². The van der Waals surface area contributed by atoms with Crippen LogP contribution in [0.2, 0.25) is 0 Å². The summed E-state index contributed by atoms with van der Waals surface area (Å²) in [6.07, 6.45) is 2.12. The highest BCUT2D eigenvalue weighted by atomic mass is 15.1. The van der Waals surface area contributed by atoms with Crippen LogP contribution < -0.4 is 0 Å². The predicted molar refractivity (Wildman–Crippen MR) is 117 cm³/mol. The van der Waals surface area contributed by atoms with Crippen molar-refractivity contribution in [3.05, 3.63) is 108 Å². The fourth-order valence-corrected chi connectivity index (χ4v) is 4.51. The van der Waals surface area contributed by atoms with E-state index in [1.807, 2.05) is 0 Å². The highest BCUT2D eigenvalue weighted by molar-refractivity contribution is 5.94. The summed E-state index contributed by atoms with van der Waals surface area (Å²) in [6, 6.07) is 28.1. The third-order valence-electron chi connectivity index (χ3n) is 5.76. The number of hydrogen-bond acceptors (Lipinski definition) is 1. The van der Waals surface area contributed by atoms with Gasteiger partial charge < -0.3 is 4.98 Å². The minimum absolute atomic E-state index is 0.288. The second-order valence-electron chi connectivity index (χ2n) is 7.62. The third-order valence-corrected chi connectivity index (χ3v) is 5.76. The lowest BCUT2D eigenvalue weighted by Gasteiger charge is -2.24. The Morgan fingerprint density at radius 3 is 2.43 bits per heavy atom. The van der Waals surface area contributed by atoms with Gasteiger partial charge >= 0.3 is 0 Å². The van der Waals surface area contributed by atoms with Crippen LogP contribution in [0.4, 0.5) is 0 Å². The number of H-pyrrole nitrogens is 1. The lowest BCUT2D eigenvalue weighted by Crippen LogP contribution is -2.26. The second kappa shape index (κ2) is 7.14. The van der Waals surface area contributed by atoms with Gasteiger partial charge in [-0.15, -0.1) is 6.58 Å². The van der Waals surface area contributed by atoms with Crippen LogP contribution in [0.5, 0.6) is 0 Å². The smallest absolute Gasteiger partial charge is 0.0504 e. The number of nitrogens with zero attached hydrogens (tertiary/aromatic N) is 1. The van der Waals surface area contributed by atoms with Crippen LogP contribution in [0.15, 0.2) is 91.5 Å². The van der Waals surface area contributed by atoms with Crippen LogP contribution in [-0.2, 0) is 13.1 Å². The molecule has 4 aromatic rings. The maximum atomic E-state index is 4.20. The summed E-state index contributed by atoms with van der Waals surface area (Å²) in [5, 5.41) is 1.38. The first-order valence-corrected chi connectivity index (χ1v) is 9.91. The molecule has 0 saturated heterocycles. The van der Waals surface area contributed by atoms with Crippen LogP contribution in [0.25, 0.3) is 22.2 Å². The molecule has 1 atom stereocenters. The van der Waals surface area contributed by atoms with Crippen molar-refractivity contribution in [3.63, 3.8) is 0 Å². The molecule has 3 aromatic carbocycles. The number of hydrogen-bond donors (Lipinski definition) is 1. The van der Waals surface area contributed by atoms with Crippen molar-refractivity contribution >= 4 is 10.9 Å². The molecular weight excluding hydrogens is 340 g/mol. The molecule has 0 fully saturated rings. The van der Waals surface area contributed by atoms with Crippen LogP contribution in [-0.4, -0.2) is 16.4 Å². The average Bonchev–Trinajstić information content (AvgIpc) is 3.05. The molecule has 0 radical (unpaired) electrons. The third kappa shape index (κ3) is 2.96. The zero-order chi connectivity index (χ0) is 18.9. The molecule has 28 heavy (non-hydrogen) atoms. The molecule has 1 N–H and O–H groups in total. The van der Waals surface area contributed by atoms with Crippen molar-refractivity contribution in [3.8, 4) is 11.3 Å². The average molecular weight is 364 g/mol. The van der Waals surface area contributed by atoms with Gasteiger partial charge in [-0.25, -0.2) is 0 Å². The molecule has 0 spiro atoms. The van der Waals surface area contributed by atoms with Gasteiger partial charge in [-0.3, -0.25) is 4.90 Å². The van der Waals surface area contributed by atoms with Gasteiger partial charge in [0.05, 0.1) is 5.69 Å². The van der Waals surface area contributed by atoms with E-state index in [9.17, 15) is 0 Å². The van der Waals surface area contributed by atoms with E-state index in [0.29, 0.717) is 0 Å². The van der Waals surface area contributed by atoms with Crippen molar-refractivity contribution in [1.29, 1.82) is 0 Å². The maximum Gasteiger partial charge on any atom is 0.0504 e. The van der Waals surface area contributed by atoms with Crippen molar-refractivity contribution in [2.24, 2.45) is 0 Å². The van der Waals surface area contributed by atoms with E-state index < -0.39 is 0 Å². The van der Waals surface area contributed by atoms with Crippen LogP contribution >= 0.6 is 0 Å². The van der Waals surface area contributed by atoms with Gasteiger partial charge in [0.25, 0.3) is 0 Å². The maximum absolute atomic E-state index is 4.20. The Hall–Kier alpha value is -3.10. The fourth-order valence-electron chi connectivity index (χ4n) is 4.51. The molecule has 2 nitrogen and oxygen atoms in total. The molecule has 5 rings (SSSR count). The largest absolute Gasteiger partial charge is 0.354 e. The van der Waals surface area contributed by atoms with E-state index >= 15 is 0 Å². The van der Waals surface area contributed by atoms with Crippen molar-refractivity contribution in [1.82, 2.24) is 9.88 Å². The molecule has 0 unspecified atom stereocenters. The first kappa shape index (κ1) is 17.0. The van der Waals surface area contributed by atoms with Crippen molar-refractivity contribution in [2.45, 2.75) is 19.0 Å². The molecule has 0 amide bonds. The Kier molecular flexibility index (Phi) is 4.34. The van der Waals surface area contributed by atoms with Gasteiger partial charge in [-0.05, 0) is 28.3 Å². The first-order chi connectivity index (χ1) is 13.8. The van der Waals surface area contributed by atoms with E-state index in [2.05, 4.69) is 101 Å². The molecule has 2 heterocycles. The molecule has 0 aliphatic carbocycles. The SMILES string of the molecule is C=C[C@H]1CN(Cc2ccccc2)Cc2cccc3[nH]c(-c4ccccc4)c1c23. The topological polar surface area (TPSA) is 19.0 Å². The Morgan fingerprint density at radius 2 is 1.68 bits per heavy atom. The number of nitrogens with one attached hydrogen (secondary N) is 1. The standard InChI is InChI=1S/C26H24N2/c1-2-20-17-28(16-19-10-5-3-6-11-19)18-22-14-9-15-23-24(22)25(20)26(27-23)21-12-7-4-8-13-21/h2-15,20,27H,1,16-18H2/t20-/m0/s1. The Bertz CT molecular complexity index is 1110. The van der Waals surface area contributed by atoms with Crippen LogP contribution in [0.1, 0.15) is 22.6 Å². The zero-order valence-corrected chi connectivity index (χ0v) is 15.9. The number of rotatable bonds is 4. The van der Waals surface area contributed by atoms with Crippen molar-refractivity contribution in [2.75, 3.05) is 6.54 Å². The zero-order valence-electron chi connectivity index (χ0n) is 15.9. The van der Waals surface area contributed by atoms with Gasteiger partial charge in [0.2, 0.25) is 0 Å². The van der Waals surface area contributed by atoms with E-state index in [1.165, 1.54) is 38.9 Å². The van der Waals surface area contributed by atoms with Crippen molar-refractivity contribution < 1.29 is 0 Å². The summed E-state index contributed by atoms with van der Waals surface area (Å²) in [5.41, 5.74) is 7.83. The number of aromatic amines is 1. The quantitative estimate of drug-likeness (QED) is 0.432. The van der Waals surface area contributed by atoms with Gasteiger partial charge in [-0.1, -0.05) is 78.9 Å². The lowest BCUT2D eigenvalue weighted by atomic mass is 9.92. The summed E-state index contributed by atoms with van der Waals surface area (Å²) in [7, 11) is 0. The van der Waals surface area contributed by atoms with Gasteiger partial charge in [-0.2, -0.15) is 0 Å². The number of aromatic nitrogens is 1. The van der Waals surface area contributed by atoms with E-state index in [-0.39, 0.29) is 5.92 Å². The van der Waals surface area contributed by atoms with Crippen LogP contribution in [0.3, 0.4) is 0 Å². The Morgan fingerprint density at radius 1 is 0.929 bits per heavy atom. The molecule has 138 valence electrons. The normalized spacial score (nSPS) is 16.8. The molecular formula is C26H24N2. The summed E-state index contributed by atoms with van der Waals surface area (Å²) in [4.78, 5) is 6.25. The summed E-state index contributed by atoms with van der Waals surface area (Å²) >= 11 is 0. The molecule has 0 saturated carbocycles. The minimum Gasteiger partial charge on any atom is -0.354 e. The van der Waals surface area contributed by atoms with Gasteiger partial charge in [0, 0.05) is 36.5 Å². The molecule has 2 heteroatoms. The van der Waals surface area contributed by atoms with E-state index in [1.54, 1.807) is 0 Å². The monoisotopic (exact) mass is 364 g/mol. The molecule has 0 bridgehead atoms. The summed E-state index contributed by atoms with van der Waals surface area (Å²) in [5.74, 6) is 0.288. The van der Waals surface area contributed by atoms with E-state index in [0.717, 1.165) is 19.6 Å². The van der Waals surface area contributed by atoms with Gasteiger partial charge in [0.15, 0.2) is 0 Å². The summed E-state index contributed by atoms with van der Waals surface area (Å²) in [6.45, 7) is 7.08. The first-order valence-electron chi connectivity index (χ1n) is 9.91. The Labute approximate surface area is 166 Å². The molecule has 1 aliphatic heterocycles. The lowest BCUT2D eigenvalue weighted by molar-refractivity contribution is 0.255. The highest BCUT2D eigenvalue weighted by Gasteiger charge is 2.27. The van der Waals surface area contributed by atoms with Crippen LogP contribution in [0, 0.1) is 0 Å². The minimum atomic E-state index is 0.288. The Balaban J connectivity index is 1.63. The number of benzene rings is 3. The predicted octanol–water partition coefficient (Wildman–Crippen LogP) is 6.12. The molecule has 1 aliphatic rings. The molecule has 1 aromatic heterocycles. The van der Waals surface area contributed by atoms with Gasteiger partial charge in [0.1, 0.15) is 0 Å². The fraction of sp³-hybridized carbons (Fsp3) is 0.154. The second-order valence-corrected chi connectivity index (χ2v) is 7.62. The highest BCUT2D eigenvalue weighted by Crippen LogP contribution is 2.40. The summed E-state index contributed by atoms with van der Waals surface area (Å²) < 4.78 is 0.